The Kier molecular flexibility index (Phi) is 4.81. The van der Waals surface area contributed by atoms with E-state index in [-0.39, 0.29) is 0 Å². The van der Waals surface area contributed by atoms with E-state index in [1.54, 1.807) is 12.1 Å². The molecular formula is C14H23NO. The average molecular weight is 221 g/mol. The van der Waals surface area contributed by atoms with Crippen molar-refractivity contribution in [1.82, 2.24) is 5.32 Å². The quantitative estimate of drug-likeness (QED) is 0.800. The third-order valence-electron chi connectivity index (χ3n) is 3.11. The fourth-order valence-electron chi connectivity index (χ4n) is 2.06. The average Bonchev–Trinajstić information content (AvgIpc) is 2.26. The van der Waals surface area contributed by atoms with E-state index < -0.39 is 0 Å². The minimum absolute atomic E-state index is 0.337. The Hall–Kier alpha value is -1.02. The number of rotatable bonds is 5. The van der Waals surface area contributed by atoms with E-state index in [2.05, 4.69) is 26.1 Å². The van der Waals surface area contributed by atoms with Crippen LogP contribution in [0.5, 0.6) is 5.75 Å². The van der Waals surface area contributed by atoms with Crippen molar-refractivity contribution in [2.75, 3.05) is 7.05 Å². The molecule has 0 fully saturated rings. The lowest BCUT2D eigenvalue weighted by atomic mass is 9.85. The summed E-state index contributed by atoms with van der Waals surface area (Å²) in [5, 5.41) is 12.6. The zero-order valence-electron chi connectivity index (χ0n) is 10.7. The van der Waals surface area contributed by atoms with Gasteiger partial charge in [-0.25, -0.2) is 0 Å². The number of nitrogens with one attached hydrogen (secondary N) is 1. The van der Waals surface area contributed by atoms with Gasteiger partial charge in [-0.15, -0.1) is 0 Å². The smallest absolute Gasteiger partial charge is 0.115 e. The summed E-state index contributed by atoms with van der Waals surface area (Å²) >= 11 is 0. The van der Waals surface area contributed by atoms with E-state index >= 15 is 0 Å². The van der Waals surface area contributed by atoms with Crippen molar-refractivity contribution in [2.24, 2.45) is 5.92 Å². The Morgan fingerprint density at radius 2 is 1.69 bits per heavy atom. The molecule has 0 aliphatic carbocycles. The minimum atomic E-state index is 0.337. The van der Waals surface area contributed by atoms with Crippen LogP contribution in [-0.2, 0) is 0 Å². The molecule has 0 heterocycles. The third kappa shape index (κ3) is 3.53. The number of phenols is 1. The minimum Gasteiger partial charge on any atom is -0.508 e. The first-order chi connectivity index (χ1) is 7.54. The van der Waals surface area contributed by atoms with Crippen molar-refractivity contribution < 1.29 is 5.11 Å². The zero-order valence-corrected chi connectivity index (χ0v) is 10.7. The van der Waals surface area contributed by atoms with Crippen LogP contribution in [0.2, 0.25) is 0 Å². The van der Waals surface area contributed by atoms with Gasteiger partial charge in [-0.3, -0.25) is 0 Å². The summed E-state index contributed by atoms with van der Waals surface area (Å²) < 4.78 is 0. The van der Waals surface area contributed by atoms with Gasteiger partial charge in [0.05, 0.1) is 0 Å². The zero-order chi connectivity index (χ0) is 12.1. The summed E-state index contributed by atoms with van der Waals surface area (Å²) in [4.78, 5) is 0. The van der Waals surface area contributed by atoms with Gasteiger partial charge in [0.1, 0.15) is 5.75 Å². The number of hydrogen-bond acceptors (Lipinski definition) is 2. The van der Waals surface area contributed by atoms with Crippen LogP contribution in [0.15, 0.2) is 24.3 Å². The number of likely N-dealkylation sites (N-methyl/N-ethyl adjacent to an activating group) is 1. The third-order valence-corrected chi connectivity index (χ3v) is 3.11. The van der Waals surface area contributed by atoms with Crippen LogP contribution in [-0.4, -0.2) is 18.2 Å². The Morgan fingerprint density at radius 3 is 2.12 bits per heavy atom. The Labute approximate surface area is 98.7 Å². The number of benzene rings is 1. The van der Waals surface area contributed by atoms with Crippen molar-refractivity contribution in [2.45, 2.75) is 39.2 Å². The van der Waals surface area contributed by atoms with Crippen LogP contribution in [0, 0.1) is 5.92 Å². The van der Waals surface area contributed by atoms with Gasteiger partial charge in [0.25, 0.3) is 0 Å². The number of hydrogen-bond donors (Lipinski definition) is 2. The van der Waals surface area contributed by atoms with Gasteiger partial charge in [-0.1, -0.05) is 26.0 Å². The molecule has 0 amide bonds. The molecule has 2 heteroatoms. The summed E-state index contributed by atoms with van der Waals surface area (Å²) in [6, 6.07) is 8.04. The molecule has 0 saturated heterocycles. The van der Waals surface area contributed by atoms with Crippen molar-refractivity contribution >= 4 is 0 Å². The second-order valence-corrected chi connectivity index (χ2v) is 4.90. The molecule has 1 aromatic carbocycles. The molecule has 1 rings (SSSR count). The Bertz CT molecular complexity index is 305. The predicted octanol–water partition coefficient (Wildman–Crippen LogP) is 3.13. The van der Waals surface area contributed by atoms with Crippen molar-refractivity contribution in [1.29, 1.82) is 0 Å². The van der Waals surface area contributed by atoms with Crippen LogP contribution < -0.4 is 5.32 Å². The maximum absolute atomic E-state index is 9.30. The van der Waals surface area contributed by atoms with Crippen LogP contribution in [0.25, 0.3) is 0 Å². The lowest BCUT2D eigenvalue weighted by Crippen LogP contribution is -2.29. The van der Waals surface area contributed by atoms with E-state index in [0.29, 0.717) is 23.6 Å². The molecule has 0 bridgehead atoms. The maximum atomic E-state index is 9.30. The highest BCUT2D eigenvalue weighted by Gasteiger charge is 2.19. The van der Waals surface area contributed by atoms with Crippen LogP contribution >= 0.6 is 0 Å². The van der Waals surface area contributed by atoms with Crippen molar-refractivity contribution in [3.8, 4) is 5.75 Å². The highest BCUT2D eigenvalue weighted by molar-refractivity contribution is 5.29. The highest BCUT2D eigenvalue weighted by atomic mass is 16.3. The monoisotopic (exact) mass is 221 g/mol. The fourth-order valence-corrected chi connectivity index (χ4v) is 2.06. The second kappa shape index (κ2) is 5.90. The first kappa shape index (κ1) is 13.0. The summed E-state index contributed by atoms with van der Waals surface area (Å²) in [6.45, 7) is 6.70. The number of aromatic hydroxyl groups is 1. The van der Waals surface area contributed by atoms with Gasteiger partial charge in [-0.2, -0.15) is 0 Å². The van der Waals surface area contributed by atoms with Crippen LogP contribution in [0.3, 0.4) is 0 Å². The SMILES string of the molecule is CNC(C)C(CC(C)C)c1ccc(O)cc1. The first-order valence-corrected chi connectivity index (χ1v) is 6.00. The standard InChI is InChI=1S/C14H23NO/c1-10(2)9-14(11(3)15-4)12-5-7-13(16)8-6-12/h5-8,10-11,14-16H,9H2,1-4H3. The molecule has 16 heavy (non-hydrogen) atoms. The van der Waals surface area contributed by atoms with Crippen molar-refractivity contribution in [3.63, 3.8) is 0 Å². The topological polar surface area (TPSA) is 32.3 Å². The second-order valence-electron chi connectivity index (χ2n) is 4.90. The summed E-state index contributed by atoms with van der Waals surface area (Å²) in [5.74, 6) is 1.52. The summed E-state index contributed by atoms with van der Waals surface area (Å²) in [6.07, 6.45) is 1.16. The molecule has 2 N–H and O–H groups in total. The van der Waals surface area contributed by atoms with Gasteiger partial charge in [-0.05, 0) is 49.9 Å². The van der Waals surface area contributed by atoms with Gasteiger partial charge in [0.15, 0.2) is 0 Å². The summed E-state index contributed by atoms with van der Waals surface area (Å²) in [5.41, 5.74) is 1.30. The lowest BCUT2D eigenvalue weighted by molar-refractivity contribution is 0.412. The van der Waals surface area contributed by atoms with Crippen LogP contribution in [0.4, 0.5) is 0 Å². The fraction of sp³-hybridized carbons (Fsp3) is 0.571. The van der Waals surface area contributed by atoms with Gasteiger partial charge < -0.3 is 10.4 Å². The molecule has 0 aliphatic rings. The molecule has 2 atom stereocenters. The molecule has 1 aromatic rings. The van der Waals surface area contributed by atoms with Gasteiger partial charge in [0, 0.05) is 6.04 Å². The molecular weight excluding hydrogens is 198 g/mol. The van der Waals surface area contributed by atoms with E-state index in [9.17, 15) is 5.11 Å². The molecule has 0 radical (unpaired) electrons. The van der Waals surface area contributed by atoms with E-state index in [1.807, 2.05) is 19.2 Å². The van der Waals surface area contributed by atoms with E-state index in [0.717, 1.165) is 6.42 Å². The largest absolute Gasteiger partial charge is 0.508 e. The van der Waals surface area contributed by atoms with Crippen molar-refractivity contribution in [3.05, 3.63) is 29.8 Å². The lowest BCUT2D eigenvalue weighted by Gasteiger charge is -2.25. The molecule has 0 saturated carbocycles. The van der Waals surface area contributed by atoms with Gasteiger partial charge >= 0.3 is 0 Å². The molecule has 0 aromatic heterocycles. The van der Waals surface area contributed by atoms with E-state index in [1.165, 1.54) is 5.56 Å². The highest BCUT2D eigenvalue weighted by Crippen LogP contribution is 2.28. The molecule has 2 nitrogen and oxygen atoms in total. The van der Waals surface area contributed by atoms with E-state index in [4.69, 9.17) is 0 Å². The maximum Gasteiger partial charge on any atom is 0.115 e. The van der Waals surface area contributed by atoms with Gasteiger partial charge in [0.2, 0.25) is 0 Å². The Morgan fingerprint density at radius 1 is 1.12 bits per heavy atom. The predicted molar refractivity (Wildman–Crippen MR) is 68.8 cm³/mol. The molecule has 0 spiro atoms. The normalized spacial score (nSPS) is 15.1. The number of phenolic OH excluding ortho intramolecular Hbond substituents is 1. The Balaban J connectivity index is 2.87. The summed E-state index contributed by atoms with van der Waals surface area (Å²) in [7, 11) is 2.00. The molecule has 90 valence electrons. The van der Waals surface area contributed by atoms with Crippen LogP contribution in [0.1, 0.15) is 38.7 Å². The molecule has 2 unspecified atom stereocenters. The first-order valence-electron chi connectivity index (χ1n) is 6.00. The molecule has 0 aliphatic heterocycles.